The highest BCUT2D eigenvalue weighted by Crippen LogP contribution is 2.22. The molecule has 24 heavy (non-hydrogen) atoms. The number of rotatable bonds is 4. The summed E-state index contributed by atoms with van der Waals surface area (Å²) in [6.45, 7) is 6.64. The van der Waals surface area contributed by atoms with Crippen LogP contribution in [0, 0.1) is 5.82 Å². The van der Waals surface area contributed by atoms with E-state index in [1.54, 1.807) is 17.9 Å². The second-order valence-corrected chi connectivity index (χ2v) is 8.37. The number of hydrogen-bond donors (Lipinski definition) is 1. The predicted octanol–water partition coefficient (Wildman–Crippen LogP) is 2.45. The Hall–Kier alpha value is -1.67. The van der Waals surface area contributed by atoms with Crippen molar-refractivity contribution >= 4 is 21.7 Å². The summed E-state index contributed by atoms with van der Waals surface area (Å²) >= 11 is 0. The van der Waals surface area contributed by atoms with Gasteiger partial charge in [0, 0.05) is 31.9 Å². The molecule has 0 spiro atoms. The number of anilines is 1. The molecule has 0 radical (unpaired) electrons. The molecule has 6 nitrogen and oxygen atoms in total. The maximum absolute atomic E-state index is 13.7. The molecule has 1 fully saturated rings. The second kappa shape index (κ2) is 7.48. The third-order valence-electron chi connectivity index (χ3n) is 4.15. The molecule has 1 aliphatic rings. The SMILES string of the molecule is CCS(=O)(=O)N1CCN(C(=O)Nc2ccc(F)c(C(C)C)c2)CC1. The number of amides is 2. The van der Waals surface area contributed by atoms with Crippen LogP contribution in [-0.2, 0) is 10.0 Å². The Kier molecular flexibility index (Phi) is 5.82. The smallest absolute Gasteiger partial charge is 0.321 e. The summed E-state index contributed by atoms with van der Waals surface area (Å²) in [7, 11) is -3.22. The van der Waals surface area contributed by atoms with E-state index >= 15 is 0 Å². The number of sulfonamides is 1. The van der Waals surface area contributed by atoms with Crippen LogP contribution in [0.2, 0.25) is 0 Å². The number of carbonyl (C=O) groups is 1. The van der Waals surface area contributed by atoms with Crippen molar-refractivity contribution in [1.82, 2.24) is 9.21 Å². The summed E-state index contributed by atoms with van der Waals surface area (Å²) in [5.41, 5.74) is 1.08. The number of piperazine rings is 1. The van der Waals surface area contributed by atoms with Gasteiger partial charge in [0.1, 0.15) is 5.82 Å². The largest absolute Gasteiger partial charge is 0.322 e. The van der Waals surface area contributed by atoms with Gasteiger partial charge < -0.3 is 10.2 Å². The number of benzene rings is 1. The van der Waals surface area contributed by atoms with Crippen molar-refractivity contribution in [2.45, 2.75) is 26.7 Å². The summed E-state index contributed by atoms with van der Waals surface area (Å²) in [5, 5.41) is 2.75. The minimum atomic E-state index is -3.22. The van der Waals surface area contributed by atoms with Crippen molar-refractivity contribution in [3.8, 4) is 0 Å². The van der Waals surface area contributed by atoms with Crippen LogP contribution in [-0.4, -0.2) is 55.6 Å². The van der Waals surface area contributed by atoms with E-state index in [-0.39, 0.29) is 23.5 Å². The average molecular weight is 357 g/mol. The first-order valence-corrected chi connectivity index (χ1v) is 9.68. The van der Waals surface area contributed by atoms with Gasteiger partial charge in [0.25, 0.3) is 0 Å². The van der Waals surface area contributed by atoms with Gasteiger partial charge >= 0.3 is 6.03 Å². The molecule has 1 heterocycles. The van der Waals surface area contributed by atoms with E-state index in [1.165, 1.54) is 16.4 Å². The molecule has 1 aromatic carbocycles. The maximum atomic E-state index is 13.7. The van der Waals surface area contributed by atoms with Crippen molar-refractivity contribution in [3.63, 3.8) is 0 Å². The van der Waals surface area contributed by atoms with Gasteiger partial charge in [-0.25, -0.2) is 17.6 Å². The molecule has 1 aromatic rings. The zero-order valence-corrected chi connectivity index (χ0v) is 15.1. The van der Waals surface area contributed by atoms with E-state index in [0.29, 0.717) is 37.4 Å². The van der Waals surface area contributed by atoms with Crippen LogP contribution in [0.4, 0.5) is 14.9 Å². The number of urea groups is 1. The monoisotopic (exact) mass is 357 g/mol. The summed E-state index contributed by atoms with van der Waals surface area (Å²) in [5.74, 6) is -0.210. The van der Waals surface area contributed by atoms with Crippen LogP contribution in [0.5, 0.6) is 0 Å². The Morgan fingerprint density at radius 3 is 2.42 bits per heavy atom. The predicted molar refractivity (Wildman–Crippen MR) is 92.1 cm³/mol. The molecule has 0 bridgehead atoms. The molecule has 2 amide bonds. The minimum Gasteiger partial charge on any atom is -0.322 e. The van der Waals surface area contributed by atoms with Gasteiger partial charge in [-0.2, -0.15) is 4.31 Å². The lowest BCUT2D eigenvalue weighted by Crippen LogP contribution is -2.51. The fraction of sp³-hybridized carbons (Fsp3) is 0.562. The van der Waals surface area contributed by atoms with Crippen LogP contribution >= 0.6 is 0 Å². The van der Waals surface area contributed by atoms with E-state index in [9.17, 15) is 17.6 Å². The summed E-state index contributed by atoms with van der Waals surface area (Å²) in [6.07, 6.45) is 0. The molecule has 2 rings (SSSR count). The number of nitrogens with one attached hydrogen (secondary N) is 1. The molecule has 0 atom stereocenters. The van der Waals surface area contributed by atoms with Gasteiger partial charge in [-0.15, -0.1) is 0 Å². The number of halogens is 1. The van der Waals surface area contributed by atoms with Crippen LogP contribution < -0.4 is 5.32 Å². The van der Waals surface area contributed by atoms with E-state index in [4.69, 9.17) is 0 Å². The topological polar surface area (TPSA) is 69.7 Å². The molecular formula is C16H24FN3O3S. The molecule has 8 heteroatoms. The number of nitrogens with zero attached hydrogens (tertiary/aromatic N) is 2. The normalized spacial score (nSPS) is 16.5. The molecule has 134 valence electrons. The molecular weight excluding hydrogens is 333 g/mol. The van der Waals surface area contributed by atoms with Gasteiger partial charge in [0.05, 0.1) is 5.75 Å². The summed E-state index contributed by atoms with van der Waals surface area (Å²) in [4.78, 5) is 13.9. The van der Waals surface area contributed by atoms with Gasteiger partial charge in [0.15, 0.2) is 0 Å². The fourth-order valence-electron chi connectivity index (χ4n) is 2.62. The zero-order chi connectivity index (χ0) is 17.9. The van der Waals surface area contributed by atoms with E-state index in [0.717, 1.165) is 0 Å². The van der Waals surface area contributed by atoms with Crippen molar-refractivity contribution < 1.29 is 17.6 Å². The van der Waals surface area contributed by atoms with Crippen molar-refractivity contribution in [3.05, 3.63) is 29.6 Å². The fourth-order valence-corrected chi connectivity index (χ4v) is 3.70. The molecule has 1 aliphatic heterocycles. The van der Waals surface area contributed by atoms with Crippen LogP contribution in [0.1, 0.15) is 32.3 Å². The van der Waals surface area contributed by atoms with Crippen molar-refractivity contribution in [1.29, 1.82) is 0 Å². The van der Waals surface area contributed by atoms with Gasteiger partial charge in [-0.05, 0) is 36.6 Å². The highest BCUT2D eigenvalue weighted by molar-refractivity contribution is 7.89. The van der Waals surface area contributed by atoms with Crippen LogP contribution in [0.25, 0.3) is 0 Å². The second-order valence-electron chi connectivity index (χ2n) is 6.11. The third kappa shape index (κ3) is 4.24. The lowest BCUT2D eigenvalue weighted by atomic mass is 10.0. The van der Waals surface area contributed by atoms with Crippen LogP contribution in [0.3, 0.4) is 0 Å². The molecule has 1 saturated heterocycles. The van der Waals surface area contributed by atoms with Gasteiger partial charge in [-0.3, -0.25) is 0 Å². The Morgan fingerprint density at radius 1 is 1.25 bits per heavy atom. The Labute approximate surface area is 142 Å². The highest BCUT2D eigenvalue weighted by atomic mass is 32.2. The van der Waals surface area contributed by atoms with E-state index in [1.807, 2.05) is 13.8 Å². The van der Waals surface area contributed by atoms with Gasteiger partial charge in [-0.1, -0.05) is 13.8 Å². The first kappa shape index (κ1) is 18.7. The molecule has 1 N–H and O–H groups in total. The Balaban J connectivity index is 1.98. The quantitative estimate of drug-likeness (QED) is 0.900. The third-order valence-corrected chi connectivity index (χ3v) is 6.03. The van der Waals surface area contributed by atoms with E-state index in [2.05, 4.69) is 5.32 Å². The van der Waals surface area contributed by atoms with Crippen LogP contribution in [0.15, 0.2) is 18.2 Å². The summed E-state index contributed by atoms with van der Waals surface area (Å²) < 4.78 is 38.8. The standard InChI is InChI=1S/C16H24FN3O3S/c1-4-24(22,23)20-9-7-19(8-10-20)16(21)18-13-5-6-15(17)14(11-13)12(2)3/h5-6,11-12H,4,7-10H2,1-3H3,(H,18,21). The minimum absolute atomic E-state index is 0.0182. The molecule has 0 aliphatic carbocycles. The first-order valence-electron chi connectivity index (χ1n) is 8.07. The maximum Gasteiger partial charge on any atom is 0.321 e. The van der Waals surface area contributed by atoms with Gasteiger partial charge in [0.2, 0.25) is 10.0 Å². The number of hydrogen-bond acceptors (Lipinski definition) is 3. The summed E-state index contributed by atoms with van der Waals surface area (Å²) in [6, 6.07) is 4.20. The Morgan fingerprint density at radius 2 is 1.88 bits per heavy atom. The zero-order valence-electron chi connectivity index (χ0n) is 14.3. The highest BCUT2D eigenvalue weighted by Gasteiger charge is 2.27. The Bertz CT molecular complexity index is 699. The first-order chi connectivity index (χ1) is 11.2. The van der Waals surface area contributed by atoms with E-state index < -0.39 is 10.0 Å². The lowest BCUT2D eigenvalue weighted by Gasteiger charge is -2.33. The average Bonchev–Trinajstić information content (AvgIpc) is 2.56. The number of carbonyl (C=O) groups excluding carboxylic acids is 1. The molecule has 0 aromatic heterocycles. The lowest BCUT2D eigenvalue weighted by molar-refractivity contribution is 0.184. The molecule has 0 unspecified atom stereocenters. The van der Waals surface area contributed by atoms with Crippen molar-refractivity contribution in [2.24, 2.45) is 0 Å². The van der Waals surface area contributed by atoms with Crippen molar-refractivity contribution in [2.75, 3.05) is 37.2 Å². The molecule has 0 saturated carbocycles.